The number of aromatic nitrogens is 2. The van der Waals surface area contributed by atoms with Gasteiger partial charge in [0.1, 0.15) is 0 Å². The van der Waals surface area contributed by atoms with Crippen molar-refractivity contribution in [2.75, 3.05) is 13.7 Å². The number of hydrogen-bond donors (Lipinski definition) is 2. The summed E-state index contributed by atoms with van der Waals surface area (Å²) in [4.78, 5) is 19.2. The number of carbonyl (C=O) groups excluding carboxylic acids is 1. The summed E-state index contributed by atoms with van der Waals surface area (Å²) >= 11 is 0. The first-order valence-electron chi connectivity index (χ1n) is 10.5. The van der Waals surface area contributed by atoms with Gasteiger partial charge < -0.3 is 19.7 Å². The summed E-state index contributed by atoms with van der Waals surface area (Å²) < 4.78 is 10.8. The number of nitrogens with zero attached hydrogens (tertiary/aromatic N) is 3. The van der Waals surface area contributed by atoms with Crippen molar-refractivity contribution in [2.24, 2.45) is 0 Å². The van der Waals surface area contributed by atoms with Gasteiger partial charge in [-0.15, -0.1) is 0 Å². The number of phenolic OH excluding ortho intramolecular Hbond substituents is 1. The van der Waals surface area contributed by atoms with Gasteiger partial charge >= 0.3 is 6.03 Å². The lowest BCUT2D eigenvalue weighted by Crippen LogP contribution is -2.46. The van der Waals surface area contributed by atoms with Gasteiger partial charge in [-0.2, -0.15) is 4.98 Å². The van der Waals surface area contributed by atoms with Crippen LogP contribution < -0.4 is 10.1 Å². The number of aryl methyl sites for hydroxylation is 1. The van der Waals surface area contributed by atoms with E-state index in [4.69, 9.17) is 9.26 Å². The molecule has 0 radical (unpaired) electrons. The van der Waals surface area contributed by atoms with Crippen LogP contribution in [0.2, 0.25) is 0 Å². The second-order valence-electron chi connectivity index (χ2n) is 7.75. The number of hydrogen-bond acceptors (Lipinski definition) is 6. The normalized spacial score (nSPS) is 16.3. The Hall–Kier alpha value is -3.81. The molecular weight excluding hydrogens is 408 g/mol. The van der Waals surface area contributed by atoms with E-state index < -0.39 is 6.04 Å². The molecule has 8 nitrogen and oxygen atoms in total. The molecule has 2 heterocycles. The maximum atomic E-state index is 12.8. The molecule has 0 bridgehead atoms. The predicted octanol–water partition coefficient (Wildman–Crippen LogP) is 4.67. The van der Waals surface area contributed by atoms with E-state index in [-0.39, 0.29) is 11.8 Å². The number of phenols is 1. The van der Waals surface area contributed by atoms with Crippen molar-refractivity contribution in [3.63, 3.8) is 0 Å². The van der Waals surface area contributed by atoms with Gasteiger partial charge in [0.25, 0.3) is 5.89 Å². The molecule has 0 fully saturated rings. The highest BCUT2D eigenvalue weighted by molar-refractivity contribution is 5.87. The number of methoxy groups -OCH3 is 1. The molecule has 166 valence electrons. The molecular formula is C24H26N4O4. The standard InChI is InChI=1S/C24H26N4O4/c1-5-12-28-15(3)20(23-26-22(27-32-23)16-8-6-14(2)7-9-16)21(25-24(28)30)17-10-11-19(31-4)18(29)13-17/h6-11,13,21,29H,5,12H2,1-4H3,(H,25,30). The molecule has 0 saturated heterocycles. The third kappa shape index (κ3) is 3.91. The van der Waals surface area contributed by atoms with Crippen molar-refractivity contribution < 1.29 is 19.2 Å². The van der Waals surface area contributed by atoms with Crippen LogP contribution in [0.15, 0.2) is 52.7 Å². The fourth-order valence-corrected chi connectivity index (χ4v) is 3.84. The molecule has 0 aliphatic carbocycles. The van der Waals surface area contributed by atoms with Crippen molar-refractivity contribution in [1.29, 1.82) is 0 Å². The number of allylic oxidation sites excluding steroid dienone is 1. The summed E-state index contributed by atoms with van der Waals surface area (Å²) in [6.07, 6.45) is 0.796. The monoisotopic (exact) mass is 434 g/mol. The molecule has 1 aliphatic rings. The van der Waals surface area contributed by atoms with Crippen LogP contribution in [-0.4, -0.2) is 39.8 Å². The van der Waals surface area contributed by atoms with Crippen LogP contribution in [0.3, 0.4) is 0 Å². The number of urea groups is 1. The third-order valence-electron chi connectivity index (χ3n) is 5.55. The lowest BCUT2D eigenvalue weighted by Gasteiger charge is -2.35. The molecule has 2 aromatic carbocycles. The minimum Gasteiger partial charge on any atom is -0.504 e. The Labute approximate surface area is 186 Å². The van der Waals surface area contributed by atoms with Gasteiger partial charge in [0.05, 0.1) is 18.7 Å². The largest absolute Gasteiger partial charge is 0.504 e. The van der Waals surface area contributed by atoms with E-state index >= 15 is 0 Å². The number of rotatable bonds is 6. The minimum atomic E-state index is -0.571. The number of ether oxygens (including phenoxy) is 1. The quantitative estimate of drug-likeness (QED) is 0.585. The summed E-state index contributed by atoms with van der Waals surface area (Å²) in [5.41, 5.74) is 4.08. The van der Waals surface area contributed by atoms with Crippen LogP contribution in [0, 0.1) is 6.92 Å². The number of aromatic hydroxyl groups is 1. The highest BCUT2D eigenvalue weighted by Gasteiger charge is 2.35. The molecule has 2 amide bonds. The van der Waals surface area contributed by atoms with E-state index in [0.717, 1.165) is 23.2 Å². The highest BCUT2D eigenvalue weighted by Crippen LogP contribution is 2.39. The van der Waals surface area contributed by atoms with E-state index in [1.807, 2.05) is 45.0 Å². The number of carbonyl (C=O) groups is 1. The molecule has 4 rings (SSSR count). The fourth-order valence-electron chi connectivity index (χ4n) is 3.84. The Morgan fingerprint density at radius 2 is 1.94 bits per heavy atom. The Morgan fingerprint density at radius 3 is 2.59 bits per heavy atom. The Bertz CT molecular complexity index is 1170. The summed E-state index contributed by atoms with van der Waals surface area (Å²) in [5, 5.41) is 17.5. The zero-order chi connectivity index (χ0) is 22.8. The Balaban J connectivity index is 1.81. The van der Waals surface area contributed by atoms with Gasteiger partial charge in [-0.3, -0.25) is 4.90 Å². The first-order valence-corrected chi connectivity index (χ1v) is 10.5. The Kier molecular flexibility index (Phi) is 5.85. The van der Waals surface area contributed by atoms with E-state index in [1.54, 1.807) is 23.1 Å². The van der Waals surface area contributed by atoms with Gasteiger partial charge in [0.15, 0.2) is 11.5 Å². The second-order valence-corrected chi connectivity index (χ2v) is 7.75. The average molecular weight is 434 g/mol. The van der Waals surface area contributed by atoms with E-state index in [1.165, 1.54) is 7.11 Å². The average Bonchev–Trinajstić information content (AvgIpc) is 3.26. The van der Waals surface area contributed by atoms with E-state index in [2.05, 4.69) is 15.5 Å². The summed E-state index contributed by atoms with van der Waals surface area (Å²) in [6, 6.07) is 12.1. The van der Waals surface area contributed by atoms with Gasteiger partial charge in [-0.05, 0) is 38.0 Å². The van der Waals surface area contributed by atoms with Crippen molar-refractivity contribution in [2.45, 2.75) is 33.2 Å². The lowest BCUT2D eigenvalue weighted by atomic mass is 9.94. The topological polar surface area (TPSA) is 101 Å². The molecule has 1 unspecified atom stereocenters. The fraction of sp³-hybridized carbons (Fsp3) is 0.292. The number of amides is 2. The first kappa shape index (κ1) is 21.4. The van der Waals surface area contributed by atoms with Crippen molar-refractivity contribution >= 4 is 11.6 Å². The van der Waals surface area contributed by atoms with Gasteiger partial charge in [-0.1, -0.05) is 48.0 Å². The predicted molar refractivity (Wildman–Crippen MR) is 120 cm³/mol. The van der Waals surface area contributed by atoms with Crippen LogP contribution in [0.1, 0.15) is 43.3 Å². The Morgan fingerprint density at radius 1 is 1.19 bits per heavy atom. The molecule has 8 heteroatoms. The number of nitrogens with one attached hydrogen (secondary N) is 1. The maximum Gasteiger partial charge on any atom is 0.322 e. The van der Waals surface area contributed by atoms with Crippen molar-refractivity contribution in [1.82, 2.24) is 20.4 Å². The SMILES string of the molecule is CCCN1C(=O)NC(c2ccc(OC)c(O)c2)C(c2nc(-c3ccc(C)cc3)no2)=C1C. The minimum absolute atomic E-state index is 0.0156. The molecule has 1 atom stereocenters. The summed E-state index contributed by atoms with van der Waals surface area (Å²) in [6.45, 7) is 6.45. The molecule has 3 aromatic rings. The zero-order valence-corrected chi connectivity index (χ0v) is 18.5. The zero-order valence-electron chi connectivity index (χ0n) is 18.5. The smallest absolute Gasteiger partial charge is 0.322 e. The number of benzene rings is 2. The van der Waals surface area contributed by atoms with Crippen LogP contribution >= 0.6 is 0 Å². The second kappa shape index (κ2) is 8.74. The lowest BCUT2D eigenvalue weighted by molar-refractivity contribution is 0.205. The van der Waals surface area contributed by atoms with Gasteiger partial charge in [0, 0.05) is 17.8 Å². The molecule has 0 saturated carbocycles. The first-order chi connectivity index (χ1) is 15.4. The molecule has 32 heavy (non-hydrogen) atoms. The van der Waals surface area contributed by atoms with E-state index in [9.17, 15) is 9.90 Å². The molecule has 2 N–H and O–H groups in total. The highest BCUT2D eigenvalue weighted by atomic mass is 16.5. The van der Waals surface area contributed by atoms with Crippen LogP contribution in [0.5, 0.6) is 11.5 Å². The van der Waals surface area contributed by atoms with Crippen molar-refractivity contribution in [3.05, 3.63) is 65.2 Å². The molecule has 1 aliphatic heterocycles. The summed E-state index contributed by atoms with van der Waals surface area (Å²) in [5.74, 6) is 1.12. The maximum absolute atomic E-state index is 12.8. The van der Waals surface area contributed by atoms with Gasteiger partial charge in [-0.25, -0.2) is 4.79 Å². The van der Waals surface area contributed by atoms with Crippen molar-refractivity contribution in [3.8, 4) is 22.9 Å². The van der Waals surface area contributed by atoms with Crippen LogP contribution in [-0.2, 0) is 0 Å². The molecule has 0 spiro atoms. The summed E-state index contributed by atoms with van der Waals surface area (Å²) in [7, 11) is 1.49. The van der Waals surface area contributed by atoms with E-state index in [0.29, 0.717) is 35.1 Å². The molecule has 1 aromatic heterocycles. The third-order valence-corrected chi connectivity index (χ3v) is 5.55. The van der Waals surface area contributed by atoms with Gasteiger partial charge in [0.2, 0.25) is 5.82 Å². The van der Waals surface area contributed by atoms with Crippen LogP contribution in [0.25, 0.3) is 17.0 Å². The van der Waals surface area contributed by atoms with Crippen LogP contribution in [0.4, 0.5) is 4.79 Å².